The molecule has 0 saturated heterocycles. The van der Waals surface area contributed by atoms with E-state index in [1.807, 2.05) is 0 Å². The first-order valence-electron chi connectivity index (χ1n) is 8.03. The molecule has 0 aliphatic carbocycles. The van der Waals surface area contributed by atoms with Crippen LogP contribution in [0.4, 0.5) is 17.1 Å². The summed E-state index contributed by atoms with van der Waals surface area (Å²) in [5.74, 6) is 0. The van der Waals surface area contributed by atoms with Gasteiger partial charge in [-0.05, 0) is 24.2 Å². The van der Waals surface area contributed by atoms with Crippen LogP contribution in [0.2, 0.25) is 18.1 Å². The number of hydrogen-bond acceptors (Lipinski definition) is 7. The van der Waals surface area contributed by atoms with Crippen molar-refractivity contribution in [1.29, 1.82) is 0 Å². The van der Waals surface area contributed by atoms with Crippen LogP contribution < -0.4 is 10.6 Å². The summed E-state index contributed by atoms with van der Waals surface area (Å²) < 4.78 is 28.5. The van der Waals surface area contributed by atoms with Crippen molar-refractivity contribution < 1.29 is 17.8 Å². The summed E-state index contributed by atoms with van der Waals surface area (Å²) in [4.78, 5) is 10.7. The van der Waals surface area contributed by atoms with Crippen LogP contribution >= 0.6 is 0 Å². The highest BCUT2D eigenvalue weighted by Crippen LogP contribution is 2.39. The Morgan fingerprint density at radius 3 is 2.52 bits per heavy atom. The number of fused-ring (bicyclic) bond motifs is 1. The van der Waals surface area contributed by atoms with Gasteiger partial charge < -0.3 is 15.1 Å². The molecule has 1 aromatic rings. The van der Waals surface area contributed by atoms with E-state index in [9.17, 15) is 18.5 Å². The van der Waals surface area contributed by atoms with E-state index in [0.29, 0.717) is 24.5 Å². The number of anilines is 2. The van der Waals surface area contributed by atoms with Gasteiger partial charge in [0.15, 0.2) is 19.0 Å². The van der Waals surface area contributed by atoms with Gasteiger partial charge in [-0.2, -0.15) is 0 Å². The number of rotatable bonds is 5. The molecular weight excluding hydrogens is 362 g/mol. The van der Waals surface area contributed by atoms with Crippen LogP contribution in [0.15, 0.2) is 17.0 Å². The Hall–Kier alpha value is -1.65. The molecule has 1 heterocycles. The molecule has 1 atom stereocenters. The van der Waals surface area contributed by atoms with Crippen molar-refractivity contribution in [3.8, 4) is 0 Å². The monoisotopic (exact) mass is 387 g/mol. The second kappa shape index (κ2) is 6.93. The number of nitrogens with zero attached hydrogens (tertiary/aromatic N) is 1. The molecule has 1 aromatic carbocycles. The zero-order valence-electron chi connectivity index (χ0n) is 15.1. The van der Waals surface area contributed by atoms with Gasteiger partial charge in [0.25, 0.3) is 5.69 Å². The molecule has 140 valence electrons. The topological polar surface area (TPSA) is 111 Å². The van der Waals surface area contributed by atoms with Crippen molar-refractivity contribution in [2.24, 2.45) is 0 Å². The van der Waals surface area contributed by atoms with Crippen LogP contribution in [-0.2, 0) is 15.1 Å². The van der Waals surface area contributed by atoms with E-state index in [4.69, 9.17) is 4.43 Å². The summed E-state index contributed by atoms with van der Waals surface area (Å²) in [6.45, 7) is 11.7. The van der Waals surface area contributed by atoms with Gasteiger partial charge in [0.2, 0.25) is 0 Å². The van der Waals surface area contributed by atoms with Crippen LogP contribution in [0, 0.1) is 10.1 Å². The lowest BCUT2D eigenvalue weighted by molar-refractivity contribution is -0.384. The summed E-state index contributed by atoms with van der Waals surface area (Å²) in [6.07, 6.45) is 0. The molecule has 0 fully saturated rings. The number of benzene rings is 1. The van der Waals surface area contributed by atoms with Gasteiger partial charge >= 0.3 is 0 Å². The lowest BCUT2D eigenvalue weighted by Gasteiger charge is -2.38. The molecule has 0 spiro atoms. The average Bonchev–Trinajstić information content (AvgIpc) is 2.50. The Balaban J connectivity index is 2.22. The standard InChI is InChI=1S/C15H25N3O5SSi/c1-15(2,3)25(4,5)23-9-10-8-16-12-6-11(24(21)22)7-13(18(19)20)14(12)17-10/h6-7,10,16-17,24H,8-9H2,1-5H3/t10-/m0/s1. The molecule has 0 unspecified atom stereocenters. The second-order valence-corrected chi connectivity index (χ2v) is 13.5. The summed E-state index contributed by atoms with van der Waals surface area (Å²) in [5.41, 5.74) is 0.476. The van der Waals surface area contributed by atoms with Crippen molar-refractivity contribution in [1.82, 2.24) is 0 Å². The first-order chi connectivity index (χ1) is 11.4. The fourth-order valence-corrected chi connectivity index (χ4v) is 3.78. The number of nitro benzene ring substituents is 1. The minimum Gasteiger partial charge on any atom is -0.415 e. The third-order valence-corrected chi connectivity index (χ3v) is 10.0. The normalized spacial score (nSPS) is 17.6. The molecule has 0 radical (unpaired) electrons. The summed E-state index contributed by atoms with van der Waals surface area (Å²) in [6, 6.07) is 2.36. The van der Waals surface area contributed by atoms with Gasteiger partial charge in [-0.3, -0.25) is 10.1 Å². The van der Waals surface area contributed by atoms with Gasteiger partial charge in [-0.1, -0.05) is 20.8 Å². The van der Waals surface area contributed by atoms with E-state index < -0.39 is 23.9 Å². The van der Waals surface area contributed by atoms with Crippen LogP contribution in [0.1, 0.15) is 20.8 Å². The molecule has 10 heteroatoms. The predicted octanol–water partition coefficient (Wildman–Crippen LogP) is 2.79. The maximum absolute atomic E-state index is 11.3. The highest BCUT2D eigenvalue weighted by Gasteiger charge is 2.38. The van der Waals surface area contributed by atoms with E-state index >= 15 is 0 Å². The lowest BCUT2D eigenvalue weighted by Crippen LogP contribution is -2.46. The summed E-state index contributed by atoms with van der Waals surface area (Å²) in [7, 11) is -4.81. The molecule has 0 aromatic heterocycles. The minimum atomic E-state index is -2.89. The second-order valence-electron chi connectivity index (χ2n) is 7.70. The molecular formula is C15H25N3O5SSi. The number of nitrogens with one attached hydrogen (secondary N) is 2. The van der Waals surface area contributed by atoms with Gasteiger partial charge in [0.05, 0.1) is 28.2 Å². The zero-order valence-corrected chi connectivity index (χ0v) is 17.0. The molecule has 2 N–H and O–H groups in total. The van der Waals surface area contributed by atoms with Gasteiger partial charge in [0.1, 0.15) is 5.69 Å². The minimum absolute atomic E-state index is 0.0767. The van der Waals surface area contributed by atoms with Crippen LogP contribution in [0.25, 0.3) is 0 Å². The number of hydrogen-bond donors (Lipinski definition) is 3. The number of nitro groups is 1. The highest BCUT2D eigenvalue weighted by molar-refractivity contribution is 7.72. The van der Waals surface area contributed by atoms with Crippen molar-refractivity contribution >= 4 is 36.1 Å². The van der Waals surface area contributed by atoms with Crippen molar-refractivity contribution in [3.63, 3.8) is 0 Å². The largest absolute Gasteiger partial charge is 0.415 e. The summed E-state index contributed by atoms with van der Waals surface area (Å²) >= 11 is 0. The summed E-state index contributed by atoms with van der Waals surface area (Å²) in [5, 5.41) is 17.6. The van der Waals surface area contributed by atoms with Crippen molar-refractivity contribution in [2.75, 3.05) is 23.8 Å². The highest BCUT2D eigenvalue weighted by atomic mass is 32.2. The maximum atomic E-state index is 11.3. The van der Waals surface area contributed by atoms with E-state index in [-0.39, 0.29) is 21.7 Å². The van der Waals surface area contributed by atoms with Gasteiger partial charge in [-0.25, -0.2) is 8.42 Å². The first-order valence-corrected chi connectivity index (χ1v) is 12.1. The van der Waals surface area contributed by atoms with Gasteiger partial charge in [-0.15, -0.1) is 0 Å². The van der Waals surface area contributed by atoms with Crippen LogP contribution in [-0.4, -0.2) is 40.9 Å². The average molecular weight is 388 g/mol. The Labute approximate surface area is 150 Å². The quantitative estimate of drug-likeness (QED) is 0.308. The van der Waals surface area contributed by atoms with E-state index in [0.717, 1.165) is 6.07 Å². The van der Waals surface area contributed by atoms with Crippen molar-refractivity contribution in [2.45, 2.75) is 49.8 Å². The predicted molar refractivity (Wildman–Crippen MR) is 101 cm³/mol. The van der Waals surface area contributed by atoms with E-state index in [2.05, 4.69) is 44.5 Å². The molecule has 25 heavy (non-hydrogen) atoms. The number of thiol groups is 1. The molecule has 0 saturated carbocycles. The first kappa shape index (κ1) is 19.7. The van der Waals surface area contributed by atoms with Gasteiger partial charge in [0, 0.05) is 12.6 Å². The smallest absolute Gasteiger partial charge is 0.295 e. The van der Waals surface area contributed by atoms with E-state index in [1.165, 1.54) is 6.07 Å². The lowest BCUT2D eigenvalue weighted by atomic mass is 10.1. The Bertz CT molecular complexity index is 750. The molecule has 2 rings (SSSR count). The molecule has 1 aliphatic heterocycles. The Morgan fingerprint density at radius 2 is 2.00 bits per heavy atom. The molecule has 8 nitrogen and oxygen atoms in total. The fourth-order valence-electron chi connectivity index (χ4n) is 2.27. The molecule has 0 bridgehead atoms. The maximum Gasteiger partial charge on any atom is 0.295 e. The molecule has 1 aliphatic rings. The van der Waals surface area contributed by atoms with Crippen molar-refractivity contribution in [3.05, 3.63) is 22.2 Å². The van der Waals surface area contributed by atoms with E-state index in [1.54, 1.807) is 0 Å². The Kier molecular flexibility index (Phi) is 5.45. The Morgan fingerprint density at radius 1 is 1.36 bits per heavy atom. The zero-order chi connectivity index (χ0) is 19.0. The fraction of sp³-hybridized carbons (Fsp3) is 0.600. The molecule has 0 amide bonds. The third-order valence-electron chi connectivity index (χ3n) is 4.85. The third kappa shape index (κ3) is 4.31. The SMILES string of the molecule is CC(C)(C)[Si](C)(C)OC[C@@H]1CNc2cc([SH](=O)=O)cc([N+](=O)[O-])c2N1. The van der Waals surface area contributed by atoms with Crippen LogP contribution in [0.3, 0.4) is 0 Å². The van der Waals surface area contributed by atoms with Crippen LogP contribution in [0.5, 0.6) is 0 Å².